The molecule has 0 bridgehead atoms. The van der Waals surface area contributed by atoms with Gasteiger partial charge in [-0.05, 0) is 47.3 Å². The highest BCUT2D eigenvalue weighted by Crippen LogP contribution is 2.31. The maximum atomic E-state index is 11.7. The van der Waals surface area contributed by atoms with Gasteiger partial charge in [0.1, 0.15) is 5.02 Å². The number of likely N-dealkylation sites (tertiary alicyclic amines) is 1. The minimum absolute atomic E-state index is 0.316. The average Bonchev–Trinajstić information content (AvgIpc) is 2.41. The Kier molecular flexibility index (Phi) is 4.72. The van der Waals surface area contributed by atoms with E-state index in [2.05, 4.69) is 15.9 Å². The number of piperidine rings is 1. The molecule has 1 saturated heterocycles. The highest BCUT2D eigenvalue weighted by atomic mass is 79.9. The second-order valence-electron chi connectivity index (χ2n) is 4.03. The first-order chi connectivity index (χ1) is 8.68. The van der Waals surface area contributed by atoms with Gasteiger partial charge in [0, 0.05) is 17.6 Å². The monoisotopic (exact) mass is 333 g/mol. The Balaban J connectivity index is 1.90. The van der Waals surface area contributed by atoms with Crippen molar-refractivity contribution >= 4 is 33.6 Å². The Morgan fingerprint density at radius 2 is 2.00 bits per heavy atom. The number of benzene rings is 1. The van der Waals surface area contributed by atoms with Crippen LogP contribution in [0.4, 0.5) is 4.79 Å². The summed E-state index contributed by atoms with van der Waals surface area (Å²) < 4.78 is 0.690. The smallest absolute Gasteiger partial charge is 0.305 e. The van der Waals surface area contributed by atoms with Crippen LogP contribution >= 0.6 is 27.5 Å². The van der Waals surface area contributed by atoms with Crippen molar-refractivity contribution in [3.05, 3.63) is 27.7 Å². The fourth-order valence-electron chi connectivity index (χ4n) is 1.76. The number of carbonyl (C=O) groups is 1. The molecule has 1 aliphatic heterocycles. The number of hydrogen-bond donors (Lipinski definition) is 0. The minimum Gasteiger partial charge on any atom is -0.305 e. The van der Waals surface area contributed by atoms with Crippen molar-refractivity contribution in [3.63, 3.8) is 0 Å². The molecule has 1 aromatic carbocycles. The van der Waals surface area contributed by atoms with Gasteiger partial charge in [-0.25, -0.2) is 9.68 Å². The Labute approximate surface area is 119 Å². The van der Waals surface area contributed by atoms with Gasteiger partial charge in [0.15, 0.2) is 5.75 Å². The van der Waals surface area contributed by atoms with Gasteiger partial charge >= 0.3 is 6.09 Å². The summed E-state index contributed by atoms with van der Waals surface area (Å²) in [7, 11) is 0. The van der Waals surface area contributed by atoms with Gasteiger partial charge in [0.05, 0.1) is 0 Å². The number of halogens is 2. The van der Waals surface area contributed by atoms with Gasteiger partial charge in [-0.15, -0.1) is 0 Å². The molecule has 1 aliphatic rings. The average molecular weight is 335 g/mol. The first-order valence-electron chi connectivity index (χ1n) is 5.76. The van der Waals surface area contributed by atoms with E-state index in [0.717, 1.165) is 19.3 Å². The van der Waals surface area contributed by atoms with Crippen LogP contribution in [0.25, 0.3) is 0 Å². The molecule has 0 atom stereocenters. The largest absolute Gasteiger partial charge is 0.452 e. The van der Waals surface area contributed by atoms with Crippen LogP contribution in [0.15, 0.2) is 22.7 Å². The quantitative estimate of drug-likeness (QED) is 0.606. The van der Waals surface area contributed by atoms with E-state index in [4.69, 9.17) is 21.4 Å². The highest BCUT2D eigenvalue weighted by molar-refractivity contribution is 9.10. The van der Waals surface area contributed by atoms with Gasteiger partial charge in [-0.1, -0.05) is 17.7 Å². The van der Waals surface area contributed by atoms with Crippen LogP contribution in [0.3, 0.4) is 0 Å². The van der Waals surface area contributed by atoms with Crippen LogP contribution < -0.4 is 4.89 Å². The Morgan fingerprint density at radius 3 is 2.72 bits per heavy atom. The molecule has 1 heterocycles. The molecule has 0 N–H and O–H groups in total. The first kappa shape index (κ1) is 13.5. The molecule has 2 rings (SSSR count). The highest BCUT2D eigenvalue weighted by Gasteiger charge is 2.19. The van der Waals surface area contributed by atoms with Crippen molar-refractivity contribution in [1.29, 1.82) is 0 Å². The summed E-state index contributed by atoms with van der Waals surface area (Å²) in [6.07, 6.45) is 2.70. The standard InChI is InChI=1S/C12H13BrClNO3/c13-9-5-4-6-10(11(9)14)17-18-12(16)15-7-2-1-3-8-15/h4-6H,1-3,7-8H2. The molecule has 18 heavy (non-hydrogen) atoms. The van der Waals surface area contributed by atoms with Gasteiger partial charge in [-0.2, -0.15) is 0 Å². The van der Waals surface area contributed by atoms with Crippen LogP contribution in [0.5, 0.6) is 5.75 Å². The molecule has 4 nitrogen and oxygen atoms in total. The van der Waals surface area contributed by atoms with Crippen LogP contribution in [-0.4, -0.2) is 24.1 Å². The number of hydrogen-bond acceptors (Lipinski definition) is 3. The summed E-state index contributed by atoms with van der Waals surface area (Å²) in [6.45, 7) is 1.43. The maximum Gasteiger partial charge on any atom is 0.452 e. The summed E-state index contributed by atoms with van der Waals surface area (Å²) in [6, 6.07) is 5.16. The van der Waals surface area contributed by atoms with E-state index in [-0.39, 0.29) is 0 Å². The van der Waals surface area contributed by atoms with Gasteiger partial charge in [0.2, 0.25) is 0 Å². The summed E-state index contributed by atoms with van der Waals surface area (Å²) >= 11 is 9.25. The lowest BCUT2D eigenvalue weighted by Gasteiger charge is -2.24. The molecule has 0 aromatic heterocycles. The van der Waals surface area contributed by atoms with Crippen LogP contribution in [-0.2, 0) is 4.89 Å². The molecule has 0 spiro atoms. The number of nitrogens with zero attached hydrogens (tertiary/aromatic N) is 1. The molecular formula is C12H13BrClNO3. The summed E-state index contributed by atoms with van der Waals surface area (Å²) in [5.41, 5.74) is 0. The van der Waals surface area contributed by atoms with E-state index >= 15 is 0 Å². The minimum atomic E-state index is -0.467. The Morgan fingerprint density at radius 1 is 1.28 bits per heavy atom. The van der Waals surface area contributed by atoms with E-state index in [1.165, 1.54) is 0 Å². The van der Waals surface area contributed by atoms with Gasteiger partial charge < -0.3 is 4.90 Å². The molecule has 98 valence electrons. The zero-order chi connectivity index (χ0) is 13.0. The third-order valence-electron chi connectivity index (χ3n) is 2.73. The first-order valence-corrected chi connectivity index (χ1v) is 6.93. The zero-order valence-corrected chi connectivity index (χ0v) is 12.0. The summed E-state index contributed by atoms with van der Waals surface area (Å²) in [5.74, 6) is 0.316. The number of carbonyl (C=O) groups excluding carboxylic acids is 1. The molecule has 1 aromatic rings. The SMILES string of the molecule is O=C(OOc1cccc(Br)c1Cl)N1CCCCC1. The van der Waals surface area contributed by atoms with Gasteiger partial charge in [0.25, 0.3) is 0 Å². The second kappa shape index (κ2) is 6.29. The third-order valence-corrected chi connectivity index (χ3v) is 4.01. The molecule has 0 unspecified atom stereocenters. The lowest BCUT2D eigenvalue weighted by atomic mass is 10.1. The molecular weight excluding hydrogens is 321 g/mol. The van der Waals surface area contributed by atoms with Crippen molar-refractivity contribution in [2.24, 2.45) is 0 Å². The van der Waals surface area contributed by atoms with E-state index in [9.17, 15) is 4.79 Å². The van der Waals surface area contributed by atoms with E-state index in [1.807, 2.05) is 0 Å². The van der Waals surface area contributed by atoms with Crippen molar-refractivity contribution < 1.29 is 14.6 Å². The predicted octanol–water partition coefficient (Wildman–Crippen LogP) is 4.02. The predicted molar refractivity (Wildman–Crippen MR) is 71.7 cm³/mol. The summed E-state index contributed by atoms with van der Waals surface area (Å²) in [4.78, 5) is 23.1. The molecule has 0 saturated carbocycles. The van der Waals surface area contributed by atoms with E-state index < -0.39 is 6.09 Å². The Hall–Kier alpha value is -0.940. The van der Waals surface area contributed by atoms with Crippen molar-refractivity contribution in [2.45, 2.75) is 19.3 Å². The zero-order valence-electron chi connectivity index (χ0n) is 9.70. The van der Waals surface area contributed by atoms with Crippen LogP contribution in [0, 0.1) is 0 Å². The topological polar surface area (TPSA) is 38.8 Å². The molecule has 1 fully saturated rings. The van der Waals surface area contributed by atoms with Crippen molar-refractivity contribution in [1.82, 2.24) is 4.90 Å². The fraction of sp³-hybridized carbons (Fsp3) is 0.417. The van der Waals surface area contributed by atoms with Gasteiger partial charge in [-0.3, -0.25) is 4.89 Å². The lowest BCUT2D eigenvalue weighted by Crippen LogP contribution is -2.36. The van der Waals surface area contributed by atoms with Crippen molar-refractivity contribution in [2.75, 3.05) is 13.1 Å². The van der Waals surface area contributed by atoms with Crippen LogP contribution in [0.1, 0.15) is 19.3 Å². The Bertz CT molecular complexity index is 435. The van der Waals surface area contributed by atoms with Crippen molar-refractivity contribution in [3.8, 4) is 5.75 Å². The number of amides is 1. The van der Waals surface area contributed by atoms with E-state index in [0.29, 0.717) is 28.3 Å². The fourth-order valence-corrected chi connectivity index (χ4v) is 2.26. The maximum absolute atomic E-state index is 11.7. The lowest BCUT2D eigenvalue weighted by molar-refractivity contribution is -0.154. The van der Waals surface area contributed by atoms with Crippen LogP contribution in [0.2, 0.25) is 5.02 Å². The van der Waals surface area contributed by atoms with E-state index in [1.54, 1.807) is 23.1 Å². The number of rotatable bonds is 2. The molecule has 0 radical (unpaired) electrons. The molecule has 1 amide bonds. The molecule has 0 aliphatic carbocycles. The second-order valence-corrected chi connectivity index (χ2v) is 5.26. The third kappa shape index (κ3) is 3.29. The summed E-state index contributed by atoms with van der Waals surface area (Å²) in [5, 5.41) is 0.379. The normalized spacial score (nSPS) is 15.3. The molecule has 6 heteroatoms.